The Morgan fingerprint density at radius 1 is 0.647 bits per heavy atom. The second-order valence-corrected chi connectivity index (χ2v) is 14.7. The number of phenols is 2. The van der Waals surface area contributed by atoms with Crippen LogP contribution in [-0.2, 0) is 27.2 Å². The summed E-state index contributed by atoms with van der Waals surface area (Å²) in [4.78, 5) is 48.2. The number of carbonyl (C=O) groups is 2. The van der Waals surface area contributed by atoms with E-state index in [1.54, 1.807) is 0 Å². The number of nitrogens with one attached hydrogen (secondary N) is 2. The van der Waals surface area contributed by atoms with Crippen molar-refractivity contribution in [3.63, 3.8) is 0 Å². The zero-order chi connectivity index (χ0) is 35.0. The first-order valence-electron chi connectivity index (χ1n) is 14.8. The number of phosphoric ester groups is 2. The maximum absolute atomic E-state index is 12.5. The molecular weight excluding hydrogens is 739 g/mol. The number of aliphatic hydroxyl groups is 2. The number of rotatable bonds is 0. The van der Waals surface area contributed by atoms with E-state index >= 15 is 0 Å². The number of aromatic hydroxyl groups is 2. The molecule has 10 atom stereocenters. The number of aliphatic hydroxyl groups excluding tert-OH is 2. The second-order valence-electron chi connectivity index (χ2n) is 12.1. The molecule has 10 rings (SSSR count). The van der Waals surface area contributed by atoms with E-state index in [1.807, 2.05) is 0 Å². The summed E-state index contributed by atoms with van der Waals surface area (Å²) in [5.41, 5.74) is 1.35. The van der Waals surface area contributed by atoms with Crippen LogP contribution in [0.4, 0.5) is 0 Å². The van der Waals surface area contributed by atoms with E-state index in [9.17, 15) is 48.9 Å². The summed E-state index contributed by atoms with van der Waals surface area (Å²) in [5, 5.41) is 46.4. The molecule has 2 aliphatic carbocycles. The van der Waals surface area contributed by atoms with Crippen molar-refractivity contribution in [2.24, 2.45) is 0 Å². The van der Waals surface area contributed by atoms with Crippen LogP contribution in [0.2, 0.25) is 0 Å². The summed E-state index contributed by atoms with van der Waals surface area (Å²) in [6.07, 6.45) is -4.30. The van der Waals surface area contributed by atoms with Gasteiger partial charge in [-0.2, -0.15) is 0 Å². The third kappa shape index (κ3) is 5.26. The molecule has 2 saturated heterocycles. The molecule has 0 spiro atoms. The van der Waals surface area contributed by atoms with Crippen molar-refractivity contribution in [1.29, 1.82) is 0 Å². The molecule has 0 saturated carbocycles. The Hall–Kier alpha value is -3.43. The van der Waals surface area contributed by atoms with Gasteiger partial charge in [0.25, 0.3) is 27.5 Å². The molecule has 2 aromatic rings. The van der Waals surface area contributed by atoms with Crippen LogP contribution < -0.4 is 39.4 Å². The minimum Gasteiger partial charge on any atom is -0.756 e. The molecule has 0 bridgehead atoms. The first-order valence-corrected chi connectivity index (χ1v) is 17.7. The van der Waals surface area contributed by atoms with Gasteiger partial charge in [0.1, 0.15) is 36.6 Å². The smallest absolute Gasteiger partial charge is 0.756 e. The second kappa shape index (κ2) is 11.8. The van der Waals surface area contributed by atoms with Crippen LogP contribution in [0.15, 0.2) is 24.3 Å². The van der Waals surface area contributed by atoms with Gasteiger partial charge in [0, 0.05) is 11.1 Å². The Bertz CT molecular complexity index is 1950. The van der Waals surface area contributed by atoms with E-state index in [0.29, 0.717) is 22.3 Å². The molecule has 6 heterocycles. The van der Waals surface area contributed by atoms with Crippen molar-refractivity contribution in [1.82, 2.24) is 10.6 Å². The Labute approximate surface area is 300 Å². The van der Waals surface area contributed by atoms with Gasteiger partial charge in [-0.1, -0.05) is 0 Å². The van der Waals surface area contributed by atoms with Crippen LogP contribution in [0.3, 0.4) is 0 Å². The first-order chi connectivity index (χ1) is 23.7. The molecule has 264 valence electrons. The van der Waals surface area contributed by atoms with Crippen molar-refractivity contribution in [3.8, 4) is 34.5 Å². The predicted octanol–water partition coefficient (Wildman–Crippen LogP) is -1.89. The number of fused-ring (bicyclic) bond motifs is 12. The number of phosphoric acid groups is 2. The van der Waals surface area contributed by atoms with E-state index in [1.165, 1.54) is 24.3 Å². The van der Waals surface area contributed by atoms with E-state index in [-0.39, 0.29) is 82.3 Å². The van der Waals surface area contributed by atoms with Crippen LogP contribution >= 0.6 is 15.6 Å². The maximum atomic E-state index is 12.5. The summed E-state index contributed by atoms with van der Waals surface area (Å²) in [6.45, 7) is -0.195. The van der Waals surface area contributed by atoms with Gasteiger partial charge in [0.2, 0.25) is 25.1 Å². The average molecular weight is 761 g/mol. The van der Waals surface area contributed by atoms with Gasteiger partial charge in [-0.05, 0) is 35.4 Å². The first kappa shape index (κ1) is 34.6. The predicted molar refractivity (Wildman–Crippen MR) is 159 cm³/mol. The number of phenolic OH excluding ortho intramolecular Hbond substituents is 2. The Balaban J connectivity index is 0.000000144. The van der Waals surface area contributed by atoms with E-state index in [4.69, 9.17) is 37.0 Å². The molecule has 2 amide bonds. The molecule has 2 fully saturated rings. The number of ether oxygens (including phenoxy) is 4. The fourth-order valence-electron chi connectivity index (χ4n) is 7.25. The summed E-state index contributed by atoms with van der Waals surface area (Å²) in [7, 11) is -9.13. The largest absolute Gasteiger partial charge is 2.00 e. The third-order valence-electron chi connectivity index (χ3n) is 9.28. The standard InChI is InChI=1S/2C14H12NO9P.Mg/c2*16-6-1-5-4-2-7-12(22-3-21-7)10(17)8(4)14(18)15-9(5)13-11(6)23-25(19,20)24-13;/h2*1-2,6,9,11,13,16-17H,3H2,(H,15,18)(H,19,20);/q;;+2/p-2/t2*6-,9+,11+,13-;/m00./s1. The van der Waals surface area contributed by atoms with Gasteiger partial charge in [0.05, 0.1) is 23.2 Å². The summed E-state index contributed by atoms with van der Waals surface area (Å²) in [6, 6.07) is 1.29. The number of amides is 2. The fourth-order valence-corrected chi connectivity index (χ4v) is 9.51. The number of benzene rings is 2. The zero-order valence-electron chi connectivity index (χ0n) is 25.4. The quantitative estimate of drug-likeness (QED) is 0.126. The van der Waals surface area contributed by atoms with Crippen molar-refractivity contribution in [2.75, 3.05) is 13.6 Å². The number of hydrogen-bond acceptors (Lipinski definition) is 18. The van der Waals surface area contributed by atoms with Crippen LogP contribution in [0.1, 0.15) is 31.8 Å². The Morgan fingerprint density at radius 2 is 1.02 bits per heavy atom. The van der Waals surface area contributed by atoms with Gasteiger partial charge >= 0.3 is 23.1 Å². The molecular formula is C28H22MgN2O18P2. The minimum atomic E-state index is -4.56. The number of carbonyl (C=O) groups excluding carboxylic acids is 2. The zero-order valence-corrected chi connectivity index (χ0v) is 28.7. The van der Waals surface area contributed by atoms with Crippen molar-refractivity contribution < 1.29 is 86.0 Å². The summed E-state index contributed by atoms with van der Waals surface area (Å²) < 4.78 is 63.4. The van der Waals surface area contributed by atoms with Gasteiger partial charge in [-0.3, -0.25) is 18.7 Å². The normalized spacial score (nSPS) is 36.9. The Kier molecular flexibility index (Phi) is 8.01. The summed E-state index contributed by atoms with van der Waals surface area (Å²) in [5.74, 6) is -1.38. The topological polar surface area (TPSA) is 293 Å². The molecule has 2 aromatic carbocycles. The molecule has 6 N–H and O–H groups in total. The van der Waals surface area contributed by atoms with Crippen molar-refractivity contribution in [2.45, 2.75) is 48.7 Å². The van der Waals surface area contributed by atoms with E-state index in [2.05, 4.69) is 10.6 Å². The van der Waals surface area contributed by atoms with Gasteiger partial charge < -0.3 is 77.9 Å². The molecule has 2 unspecified atom stereocenters. The molecule has 20 nitrogen and oxygen atoms in total. The summed E-state index contributed by atoms with van der Waals surface area (Å²) >= 11 is 0. The third-order valence-corrected chi connectivity index (χ3v) is 11.3. The fraction of sp³-hybridized carbons (Fsp3) is 0.357. The Morgan fingerprint density at radius 3 is 1.41 bits per heavy atom. The molecule has 51 heavy (non-hydrogen) atoms. The van der Waals surface area contributed by atoms with Gasteiger partial charge in [0.15, 0.2) is 23.0 Å². The van der Waals surface area contributed by atoms with E-state index < -0.39 is 76.2 Å². The monoisotopic (exact) mass is 760 g/mol. The average Bonchev–Trinajstić information content (AvgIpc) is 3.84. The molecule has 8 aliphatic rings. The van der Waals surface area contributed by atoms with Crippen LogP contribution in [0.5, 0.6) is 34.5 Å². The molecule has 0 aromatic heterocycles. The van der Waals surface area contributed by atoms with Gasteiger partial charge in [-0.25, -0.2) is 0 Å². The van der Waals surface area contributed by atoms with E-state index in [0.717, 1.165) is 0 Å². The van der Waals surface area contributed by atoms with Crippen molar-refractivity contribution in [3.05, 3.63) is 46.5 Å². The molecule has 0 radical (unpaired) electrons. The SMILES string of the molecule is O=C1N[C@@H]2C(=C[C@H](O)[C@H]3OP(=O)([O-])O[C@H]32)c2cc3c(c(O)c21)OCO3.O=C1N[C@@H]2C(=C[C@H](O)[C@H]3OP(=O)([O-])O[C@H]32)c2cc3c(c(O)c21)OCO3.[Mg+2]. The molecule has 23 heteroatoms. The van der Waals surface area contributed by atoms with Crippen LogP contribution in [0.25, 0.3) is 11.1 Å². The van der Waals surface area contributed by atoms with Crippen molar-refractivity contribution >= 4 is 61.7 Å². The molecule has 6 aliphatic heterocycles. The maximum Gasteiger partial charge on any atom is 2.00 e. The van der Waals surface area contributed by atoms with Crippen LogP contribution in [0, 0.1) is 0 Å². The minimum absolute atomic E-state index is 0. The number of hydrogen-bond donors (Lipinski definition) is 6. The van der Waals surface area contributed by atoms with Crippen LogP contribution in [-0.4, -0.2) is 118 Å². The van der Waals surface area contributed by atoms with Gasteiger partial charge in [-0.15, -0.1) is 0 Å².